The standard InChI is InChI=1S/C15H16ClN3OS/c1-10(20)19-15(5-6-17-9-15)14-18-13(8-21-14)11-3-2-4-12(16)7-11/h2-4,7-8,17H,5-6,9H2,1H3,(H,19,20). The molecule has 1 aromatic heterocycles. The first-order valence-electron chi connectivity index (χ1n) is 6.80. The predicted octanol–water partition coefficient (Wildman–Crippen LogP) is 2.79. The average molecular weight is 322 g/mol. The Morgan fingerprint density at radius 3 is 3.05 bits per heavy atom. The van der Waals surface area contributed by atoms with Crippen LogP contribution in [0.2, 0.25) is 5.02 Å². The highest BCUT2D eigenvalue weighted by Gasteiger charge is 2.39. The molecule has 0 radical (unpaired) electrons. The summed E-state index contributed by atoms with van der Waals surface area (Å²) in [5.41, 5.74) is 1.51. The summed E-state index contributed by atoms with van der Waals surface area (Å²) >= 11 is 7.61. The molecule has 1 atom stereocenters. The van der Waals surface area contributed by atoms with Gasteiger partial charge in [0.25, 0.3) is 0 Å². The van der Waals surface area contributed by atoms with Crippen LogP contribution in [-0.2, 0) is 10.3 Å². The van der Waals surface area contributed by atoms with Gasteiger partial charge >= 0.3 is 0 Å². The second-order valence-electron chi connectivity index (χ2n) is 5.24. The van der Waals surface area contributed by atoms with Gasteiger partial charge in [-0.1, -0.05) is 23.7 Å². The second-order valence-corrected chi connectivity index (χ2v) is 6.53. The maximum Gasteiger partial charge on any atom is 0.217 e. The van der Waals surface area contributed by atoms with E-state index >= 15 is 0 Å². The fourth-order valence-electron chi connectivity index (χ4n) is 2.65. The van der Waals surface area contributed by atoms with Gasteiger partial charge in [-0.3, -0.25) is 4.79 Å². The van der Waals surface area contributed by atoms with Crippen molar-refractivity contribution >= 4 is 28.8 Å². The third-order valence-corrected chi connectivity index (χ3v) is 4.89. The van der Waals surface area contributed by atoms with Crippen LogP contribution in [0.4, 0.5) is 0 Å². The van der Waals surface area contributed by atoms with Crippen LogP contribution in [0, 0.1) is 0 Å². The van der Waals surface area contributed by atoms with Crippen molar-refractivity contribution in [2.24, 2.45) is 0 Å². The van der Waals surface area contributed by atoms with E-state index in [4.69, 9.17) is 16.6 Å². The molecule has 2 aromatic rings. The van der Waals surface area contributed by atoms with Gasteiger partial charge in [-0.15, -0.1) is 11.3 Å². The number of nitrogens with zero attached hydrogens (tertiary/aromatic N) is 1. The van der Waals surface area contributed by atoms with Crippen molar-refractivity contribution in [3.8, 4) is 11.3 Å². The van der Waals surface area contributed by atoms with Crippen LogP contribution in [-0.4, -0.2) is 24.0 Å². The zero-order valence-corrected chi connectivity index (χ0v) is 13.2. The molecule has 0 spiro atoms. The van der Waals surface area contributed by atoms with Crippen LogP contribution < -0.4 is 10.6 Å². The van der Waals surface area contributed by atoms with Crippen LogP contribution in [0.1, 0.15) is 18.4 Å². The third kappa shape index (κ3) is 2.95. The van der Waals surface area contributed by atoms with E-state index in [0.717, 1.165) is 35.8 Å². The molecule has 6 heteroatoms. The number of hydrogen-bond donors (Lipinski definition) is 2. The van der Waals surface area contributed by atoms with Gasteiger partial charge in [0.1, 0.15) is 10.5 Å². The highest BCUT2D eigenvalue weighted by Crippen LogP contribution is 2.33. The molecule has 0 saturated carbocycles. The summed E-state index contributed by atoms with van der Waals surface area (Å²) < 4.78 is 0. The fraction of sp³-hybridized carbons (Fsp3) is 0.333. The third-order valence-electron chi connectivity index (χ3n) is 3.60. The van der Waals surface area contributed by atoms with Crippen molar-refractivity contribution < 1.29 is 4.79 Å². The molecule has 21 heavy (non-hydrogen) atoms. The Bertz CT molecular complexity index is 664. The molecule has 3 rings (SSSR count). The second kappa shape index (κ2) is 5.75. The highest BCUT2D eigenvalue weighted by atomic mass is 35.5. The molecule has 1 amide bonds. The lowest BCUT2D eigenvalue weighted by Crippen LogP contribution is -2.46. The molecule has 2 heterocycles. The highest BCUT2D eigenvalue weighted by molar-refractivity contribution is 7.10. The average Bonchev–Trinajstić information content (AvgIpc) is 3.07. The number of hydrogen-bond acceptors (Lipinski definition) is 4. The first kappa shape index (κ1) is 14.5. The number of carbonyl (C=O) groups is 1. The molecule has 0 aliphatic carbocycles. The molecular formula is C15H16ClN3OS. The number of carbonyl (C=O) groups excluding carboxylic acids is 1. The van der Waals surface area contributed by atoms with Crippen molar-refractivity contribution in [2.45, 2.75) is 18.9 Å². The Labute approximate surface area is 132 Å². The van der Waals surface area contributed by atoms with E-state index in [0.29, 0.717) is 5.02 Å². The summed E-state index contributed by atoms with van der Waals surface area (Å²) in [5.74, 6) is -0.0294. The molecule has 2 N–H and O–H groups in total. The van der Waals surface area contributed by atoms with Crippen molar-refractivity contribution in [1.82, 2.24) is 15.6 Å². The molecule has 4 nitrogen and oxygen atoms in total. The quantitative estimate of drug-likeness (QED) is 0.914. The maximum atomic E-state index is 11.5. The van der Waals surface area contributed by atoms with Gasteiger partial charge in [-0.2, -0.15) is 0 Å². The van der Waals surface area contributed by atoms with Crippen molar-refractivity contribution in [2.75, 3.05) is 13.1 Å². The number of rotatable bonds is 3. The van der Waals surface area contributed by atoms with Gasteiger partial charge in [-0.25, -0.2) is 4.98 Å². The lowest BCUT2D eigenvalue weighted by Gasteiger charge is -2.26. The van der Waals surface area contributed by atoms with Gasteiger partial charge in [0.05, 0.1) is 5.69 Å². The predicted molar refractivity (Wildman–Crippen MR) is 85.5 cm³/mol. The smallest absolute Gasteiger partial charge is 0.217 e. The van der Waals surface area contributed by atoms with Gasteiger partial charge in [0, 0.05) is 29.4 Å². The zero-order valence-electron chi connectivity index (χ0n) is 11.6. The first-order valence-corrected chi connectivity index (χ1v) is 8.06. The minimum Gasteiger partial charge on any atom is -0.343 e. The van der Waals surface area contributed by atoms with E-state index in [-0.39, 0.29) is 11.4 Å². The molecule has 1 aliphatic rings. The van der Waals surface area contributed by atoms with E-state index in [2.05, 4.69) is 10.6 Å². The van der Waals surface area contributed by atoms with E-state index < -0.39 is 0 Å². The molecule has 1 fully saturated rings. The minimum absolute atomic E-state index is 0.0294. The summed E-state index contributed by atoms with van der Waals surface area (Å²) in [6, 6.07) is 7.65. The minimum atomic E-state index is -0.382. The number of aromatic nitrogens is 1. The van der Waals surface area contributed by atoms with Crippen LogP contribution in [0.5, 0.6) is 0 Å². The Balaban J connectivity index is 1.94. The van der Waals surface area contributed by atoms with E-state index in [9.17, 15) is 4.79 Å². The van der Waals surface area contributed by atoms with Gasteiger partial charge in [0.15, 0.2) is 0 Å². The van der Waals surface area contributed by atoms with Crippen LogP contribution in [0.25, 0.3) is 11.3 Å². The van der Waals surface area contributed by atoms with Crippen LogP contribution in [0.15, 0.2) is 29.6 Å². The summed E-state index contributed by atoms with van der Waals surface area (Å²) in [5, 5.41) is 10.0. The van der Waals surface area contributed by atoms with Gasteiger partial charge in [-0.05, 0) is 25.1 Å². The summed E-state index contributed by atoms with van der Waals surface area (Å²) in [6.45, 7) is 3.15. The number of halogens is 1. The Morgan fingerprint density at radius 2 is 2.38 bits per heavy atom. The SMILES string of the molecule is CC(=O)NC1(c2nc(-c3cccc(Cl)c3)cs2)CCNC1. The van der Waals surface area contributed by atoms with Crippen LogP contribution >= 0.6 is 22.9 Å². The Morgan fingerprint density at radius 1 is 1.52 bits per heavy atom. The normalized spacial score (nSPS) is 21.4. The number of thiazole rings is 1. The zero-order chi connectivity index (χ0) is 14.9. The molecule has 1 aromatic carbocycles. The molecule has 1 unspecified atom stereocenters. The topological polar surface area (TPSA) is 54.0 Å². The van der Waals surface area contributed by atoms with E-state index in [1.165, 1.54) is 0 Å². The van der Waals surface area contributed by atoms with Crippen molar-refractivity contribution in [1.29, 1.82) is 0 Å². The van der Waals surface area contributed by atoms with Gasteiger partial charge < -0.3 is 10.6 Å². The summed E-state index contributed by atoms with van der Waals surface area (Å²) in [7, 11) is 0. The number of amides is 1. The Hall–Kier alpha value is -1.43. The van der Waals surface area contributed by atoms with Crippen molar-refractivity contribution in [3.05, 3.63) is 39.7 Å². The molecule has 0 bridgehead atoms. The lowest BCUT2D eigenvalue weighted by molar-refractivity contribution is -0.120. The van der Waals surface area contributed by atoms with Crippen LogP contribution in [0.3, 0.4) is 0 Å². The Kier molecular flexibility index (Phi) is 3.97. The maximum absolute atomic E-state index is 11.5. The first-order chi connectivity index (χ1) is 10.1. The van der Waals surface area contributed by atoms with E-state index in [1.807, 2.05) is 29.6 Å². The summed E-state index contributed by atoms with van der Waals surface area (Å²) in [6.07, 6.45) is 0.856. The fourth-order valence-corrected chi connectivity index (χ4v) is 3.85. The largest absolute Gasteiger partial charge is 0.343 e. The van der Waals surface area contributed by atoms with Crippen molar-refractivity contribution in [3.63, 3.8) is 0 Å². The molecule has 1 saturated heterocycles. The molecule has 110 valence electrons. The monoisotopic (exact) mass is 321 g/mol. The molecule has 1 aliphatic heterocycles. The summed E-state index contributed by atoms with van der Waals surface area (Å²) in [4.78, 5) is 16.3. The number of nitrogens with one attached hydrogen (secondary N) is 2. The lowest BCUT2D eigenvalue weighted by atomic mass is 9.99. The molecular weight excluding hydrogens is 306 g/mol. The van der Waals surface area contributed by atoms with E-state index in [1.54, 1.807) is 18.3 Å². The number of benzene rings is 1. The van der Waals surface area contributed by atoms with Gasteiger partial charge in [0.2, 0.25) is 5.91 Å².